The summed E-state index contributed by atoms with van der Waals surface area (Å²) in [5.74, 6) is 1.54. The Bertz CT molecular complexity index is 1060. The van der Waals surface area contributed by atoms with E-state index in [0.717, 1.165) is 28.5 Å². The molecule has 4 rings (SSSR count). The van der Waals surface area contributed by atoms with Crippen LogP contribution in [0.1, 0.15) is 11.9 Å². The molecular weight excluding hydrogens is 356 g/mol. The molecule has 0 bridgehead atoms. The summed E-state index contributed by atoms with van der Waals surface area (Å²) in [5.41, 5.74) is 25.8. The SMILES string of the molecule is NC(N)=Nc1ccc(-c2ccc(C3Nc4ccc(N=C(N)N)cc4N3)o2)cc1. The molecule has 28 heavy (non-hydrogen) atoms. The Balaban J connectivity index is 1.52. The first kappa shape index (κ1) is 17.3. The number of rotatable bonds is 4. The number of aliphatic imine (C=N–C) groups is 2. The molecule has 0 radical (unpaired) electrons. The van der Waals surface area contributed by atoms with Gasteiger partial charge in [-0.3, -0.25) is 0 Å². The van der Waals surface area contributed by atoms with E-state index < -0.39 is 0 Å². The van der Waals surface area contributed by atoms with Crippen LogP contribution in [0.5, 0.6) is 0 Å². The molecule has 0 fully saturated rings. The largest absolute Gasteiger partial charge is 0.457 e. The lowest BCUT2D eigenvalue weighted by molar-refractivity contribution is 0.509. The molecule has 9 heteroatoms. The molecule has 0 amide bonds. The zero-order valence-corrected chi connectivity index (χ0v) is 14.9. The predicted molar refractivity (Wildman–Crippen MR) is 112 cm³/mol. The molecule has 1 aliphatic heterocycles. The molecule has 0 spiro atoms. The van der Waals surface area contributed by atoms with Gasteiger partial charge in [-0.15, -0.1) is 0 Å². The monoisotopic (exact) mass is 376 g/mol. The predicted octanol–water partition coefficient (Wildman–Crippen LogP) is 2.29. The van der Waals surface area contributed by atoms with E-state index in [-0.39, 0.29) is 18.1 Å². The maximum absolute atomic E-state index is 6.02. The van der Waals surface area contributed by atoms with Gasteiger partial charge in [0.15, 0.2) is 18.1 Å². The molecule has 1 aliphatic rings. The molecule has 2 heterocycles. The van der Waals surface area contributed by atoms with Gasteiger partial charge in [0, 0.05) is 5.56 Å². The third-order valence-electron chi connectivity index (χ3n) is 4.18. The number of furan rings is 1. The average Bonchev–Trinajstić information content (AvgIpc) is 3.27. The normalized spacial score (nSPS) is 14.5. The van der Waals surface area contributed by atoms with Gasteiger partial charge in [0.2, 0.25) is 0 Å². The number of guanidine groups is 2. The van der Waals surface area contributed by atoms with E-state index in [4.69, 9.17) is 27.4 Å². The van der Waals surface area contributed by atoms with E-state index in [1.807, 2.05) is 54.6 Å². The van der Waals surface area contributed by atoms with E-state index in [2.05, 4.69) is 20.6 Å². The molecule has 0 aliphatic carbocycles. The van der Waals surface area contributed by atoms with Gasteiger partial charge in [-0.25, -0.2) is 9.98 Å². The number of benzene rings is 2. The van der Waals surface area contributed by atoms with Crippen LogP contribution in [0.2, 0.25) is 0 Å². The Labute approximate surface area is 161 Å². The maximum Gasteiger partial charge on any atom is 0.191 e. The quantitative estimate of drug-likeness (QED) is 0.300. The summed E-state index contributed by atoms with van der Waals surface area (Å²) in [6.45, 7) is 0. The van der Waals surface area contributed by atoms with Crippen LogP contribution < -0.4 is 33.6 Å². The van der Waals surface area contributed by atoms with Gasteiger partial charge in [0.25, 0.3) is 0 Å². The second kappa shape index (κ2) is 6.88. The number of anilines is 2. The van der Waals surface area contributed by atoms with Gasteiger partial charge in [-0.05, 0) is 54.6 Å². The molecule has 10 N–H and O–H groups in total. The van der Waals surface area contributed by atoms with Gasteiger partial charge in [0.1, 0.15) is 11.5 Å². The van der Waals surface area contributed by atoms with E-state index >= 15 is 0 Å². The smallest absolute Gasteiger partial charge is 0.191 e. The Hall–Kier alpha value is -4.14. The summed E-state index contributed by atoms with van der Waals surface area (Å²) in [4.78, 5) is 8.07. The van der Waals surface area contributed by atoms with Crippen molar-refractivity contribution < 1.29 is 4.42 Å². The molecule has 142 valence electrons. The number of hydrogen-bond acceptors (Lipinski definition) is 5. The summed E-state index contributed by atoms with van der Waals surface area (Å²) in [6.07, 6.45) is -0.195. The van der Waals surface area contributed by atoms with Crippen LogP contribution in [0, 0.1) is 0 Å². The second-order valence-corrected chi connectivity index (χ2v) is 6.27. The molecule has 9 nitrogen and oxygen atoms in total. The Morgan fingerprint density at radius 2 is 1.39 bits per heavy atom. The van der Waals surface area contributed by atoms with Crippen LogP contribution in [-0.4, -0.2) is 11.9 Å². The fourth-order valence-corrected chi connectivity index (χ4v) is 3.00. The van der Waals surface area contributed by atoms with Crippen molar-refractivity contribution in [3.8, 4) is 11.3 Å². The second-order valence-electron chi connectivity index (χ2n) is 6.27. The molecule has 2 aromatic carbocycles. The Morgan fingerprint density at radius 3 is 2.11 bits per heavy atom. The number of fused-ring (bicyclic) bond motifs is 1. The first-order valence-electron chi connectivity index (χ1n) is 8.54. The molecule has 1 aromatic heterocycles. The van der Waals surface area contributed by atoms with Crippen molar-refractivity contribution in [1.82, 2.24) is 0 Å². The summed E-state index contributed by atoms with van der Waals surface area (Å²) in [5, 5.41) is 6.72. The van der Waals surface area contributed by atoms with Crippen LogP contribution in [-0.2, 0) is 0 Å². The number of nitrogens with zero attached hydrogens (tertiary/aromatic N) is 2. The first-order chi connectivity index (χ1) is 13.5. The summed E-state index contributed by atoms with van der Waals surface area (Å²) in [6, 6.07) is 16.9. The van der Waals surface area contributed by atoms with Crippen molar-refractivity contribution in [3.05, 3.63) is 60.4 Å². The van der Waals surface area contributed by atoms with Crippen molar-refractivity contribution in [2.45, 2.75) is 6.17 Å². The van der Waals surface area contributed by atoms with Crippen molar-refractivity contribution in [1.29, 1.82) is 0 Å². The van der Waals surface area contributed by atoms with Crippen LogP contribution in [0.4, 0.5) is 22.7 Å². The highest BCUT2D eigenvalue weighted by Crippen LogP contribution is 2.39. The molecular formula is C19H20N8O. The van der Waals surface area contributed by atoms with Crippen LogP contribution in [0.25, 0.3) is 11.3 Å². The van der Waals surface area contributed by atoms with Gasteiger partial charge in [0.05, 0.1) is 22.7 Å². The fraction of sp³-hybridized carbons (Fsp3) is 0.0526. The minimum atomic E-state index is -0.195. The highest BCUT2D eigenvalue weighted by Gasteiger charge is 2.24. The topological polar surface area (TPSA) is 166 Å². The van der Waals surface area contributed by atoms with Crippen molar-refractivity contribution >= 4 is 34.7 Å². The Kier molecular flexibility index (Phi) is 4.24. The standard InChI is InChI=1S/C19H20N8O/c20-18(21)24-11-3-1-10(2-4-11)15-7-8-16(28-15)17-26-13-6-5-12(25-19(22)23)9-14(13)27-17/h1-9,17,26-27H,(H4,20,21,24)(H4,22,23,25). The summed E-state index contributed by atoms with van der Waals surface area (Å²) < 4.78 is 6.02. The van der Waals surface area contributed by atoms with Crippen molar-refractivity contribution in [2.24, 2.45) is 32.9 Å². The summed E-state index contributed by atoms with van der Waals surface area (Å²) >= 11 is 0. The average molecular weight is 376 g/mol. The first-order valence-corrected chi connectivity index (χ1v) is 8.54. The lowest BCUT2D eigenvalue weighted by Gasteiger charge is -2.09. The van der Waals surface area contributed by atoms with Crippen LogP contribution in [0.3, 0.4) is 0 Å². The van der Waals surface area contributed by atoms with Gasteiger partial charge < -0.3 is 38.0 Å². The minimum Gasteiger partial charge on any atom is -0.457 e. The van der Waals surface area contributed by atoms with Gasteiger partial charge in [-0.2, -0.15) is 0 Å². The number of nitrogens with two attached hydrogens (primary N) is 4. The van der Waals surface area contributed by atoms with Crippen LogP contribution in [0.15, 0.2) is 69.0 Å². The molecule has 0 saturated carbocycles. The summed E-state index contributed by atoms with van der Waals surface area (Å²) in [7, 11) is 0. The van der Waals surface area contributed by atoms with E-state index in [1.54, 1.807) is 0 Å². The van der Waals surface area contributed by atoms with Gasteiger partial charge in [-0.1, -0.05) is 0 Å². The lowest BCUT2D eigenvalue weighted by atomic mass is 10.1. The molecule has 3 aromatic rings. The third-order valence-corrected chi connectivity index (χ3v) is 4.18. The zero-order chi connectivity index (χ0) is 19.7. The Morgan fingerprint density at radius 1 is 0.750 bits per heavy atom. The molecule has 0 saturated heterocycles. The molecule has 1 unspecified atom stereocenters. The fourth-order valence-electron chi connectivity index (χ4n) is 3.00. The van der Waals surface area contributed by atoms with Crippen LogP contribution >= 0.6 is 0 Å². The zero-order valence-electron chi connectivity index (χ0n) is 14.9. The lowest BCUT2D eigenvalue weighted by Crippen LogP contribution is -2.21. The highest BCUT2D eigenvalue weighted by molar-refractivity contribution is 5.83. The van der Waals surface area contributed by atoms with Gasteiger partial charge >= 0.3 is 0 Å². The molecule has 1 atom stereocenters. The minimum absolute atomic E-state index is 0.0176. The maximum atomic E-state index is 6.02. The van der Waals surface area contributed by atoms with E-state index in [1.165, 1.54) is 0 Å². The number of hydrogen-bond donors (Lipinski definition) is 6. The number of nitrogens with one attached hydrogen (secondary N) is 2. The third kappa shape index (κ3) is 3.54. The highest BCUT2D eigenvalue weighted by atomic mass is 16.3. The van der Waals surface area contributed by atoms with E-state index in [9.17, 15) is 0 Å². The van der Waals surface area contributed by atoms with Crippen molar-refractivity contribution in [2.75, 3.05) is 10.6 Å². The van der Waals surface area contributed by atoms with Crippen molar-refractivity contribution in [3.63, 3.8) is 0 Å². The van der Waals surface area contributed by atoms with E-state index in [0.29, 0.717) is 11.4 Å².